The van der Waals surface area contributed by atoms with E-state index in [0.29, 0.717) is 24.6 Å². The summed E-state index contributed by atoms with van der Waals surface area (Å²) in [4.78, 5) is 27.8. The number of nitrogens with zero attached hydrogens (tertiary/aromatic N) is 2. The second-order valence-electron chi connectivity index (χ2n) is 11.1. The van der Waals surface area contributed by atoms with Gasteiger partial charge in [0.1, 0.15) is 6.10 Å². The second-order valence-corrected chi connectivity index (χ2v) is 11.1. The van der Waals surface area contributed by atoms with Gasteiger partial charge in [-0.15, -0.1) is 0 Å². The van der Waals surface area contributed by atoms with Crippen LogP contribution in [0.1, 0.15) is 71.0 Å². The number of aromatic nitrogens is 2. The maximum atomic E-state index is 12.5. The average molecular weight is 562 g/mol. The van der Waals surface area contributed by atoms with E-state index in [9.17, 15) is 19.8 Å². The van der Waals surface area contributed by atoms with Crippen LogP contribution in [0.25, 0.3) is 0 Å². The van der Waals surface area contributed by atoms with Gasteiger partial charge in [0, 0.05) is 25.4 Å². The molecule has 1 aromatic rings. The molecule has 2 fully saturated rings. The summed E-state index contributed by atoms with van der Waals surface area (Å²) >= 11 is 0. The van der Waals surface area contributed by atoms with Crippen molar-refractivity contribution in [2.75, 3.05) is 6.61 Å². The highest BCUT2D eigenvalue weighted by Gasteiger charge is 2.37. The summed E-state index contributed by atoms with van der Waals surface area (Å²) in [6.07, 6.45) is 8.12. The lowest BCUT2D eigenvalue weighted by atomic mass is 9.87. The van der Waals surface area contributed by atoms with Crippen LogP contribution >= 0.6 is 0 Å². The van der Waals surface area contributed by atoms with Crippen LogP contribution in [0, 0.1) is 18.8 Å². The number of hydrogen-bond acceptors (Lipinski definition) is 9. The maximum absolute atomic E-state index is 12.5. The third kappa shape index (κ3) is 9.09. The Kier molecular flexibility index (Phi) is 11.6. The topological polar surface area (TPSA) is 164 Å². The van der Waals surface area contributed by atoms with Gasteiger partial charge in [-0.2, -0.15) is 4.98 Å². The monoisotopic (exact) mass is 561 g/mol. The van der Waals surface area contributed by atoms with Crippen molar-refractivity contribution in [3.05, 3.63) is 47.7 Å². The van der Waals surface area contributed by atoms with E-state index in [1.807, 2.05) is 26.8 Å². The number of aliphatic hydroxyl groups excluding tert-OH is 2. The van der Waals surface area contributed by atoms with E-state index in [1.165, 1.54) is 6.08 Å². The van der Waals surface area contributed by atoms with E-state index < -0.39 is 30.2 Å². The molecule has 4 N–H and O–H groups in total. The lowest BCUT2D eigenvalue weighted by molar-refractivity contribution is -0.155. The van der Waals surface area contributed by atoms with Gasteiger partial charge in [0.15, 0.2) is 5.82 Å². The first-order valence-electron chi connectivity index (χ1n) is 13.9. The fourth-order valence-corrected chi connectivity index (χ4v) is 5.15. The predicted octanol–water partition coefficient (Wildman–Crippen LogP) is 2.83. The Hall–Kier alpha value is -2.86. The number of nitrogens with one attached hydrogen (secondary N) is 1. The van der Waals surface area contributed by atoms with Gasteiger partial charge in [-0.25, -0.2) is 0 Å². The average Bonchev–Trinajstić information content (AvgIpc) is 3.34. The van der Waals surface area contributed by atoms with E-state index in [2.05, 4.69) is 28.5 Å². The number of allylic oxidation sites excluding steroid dienone is 3. The molecular weight excluding hydrogens is 518 g/mol. The largest absolute Gasteiger partial charge is 0.481 e. The van der Waals surface area contributed by atoms with Crippen LogP contribution < -0.4 is 5.32 Å². The molecule has 0 saturated carbocycles. The molecular formula is C29H43N3O8. The van der Waals surface area contributed by atoms with Crippen molar-refractivity contribution in [1.29, 1.82) is 0 Å². The first-order chi connectivity index (χ1) is 19.0. The summed E-state index contributed by atoms with van der Waals surface area (Å²) in [6.45, 7) is 9.39. The first-order valence-corrected chi connectivity index (χ1v) is 13.9. The highest BCUT2D eigenvalue weighted by atomic mass is 16.5. The Bertz CT molecular complexity index is 1080. The second kappa shape index (κ2) is 14.7. The number of aliphatic carboxylic acids is 1. The van der Waals surface area contributed by atoms with Crippen LogP contribution in [0.2, 0.25) is 0 Å². The number of carbonyl (C=O) groups excluding carboxylic acids is 1. The number of rotatable bonds is 11. The van der Waals surface area contributed by atoms with Crippen molar-refractivity contribution in [2.45, 2.75) is 103 Å². The molecule has 40 heavy (non-hydrogen) atoms. The summed E-state index contributed by atoms with van der Waals surface area (Å²) < 4.78 is 17.0. The van der Waals surface area contributed by atoms with Gasteiger partial charge in [-0.05, 0) is 45.1 Å². The molecule has 2 saturated heterocycles. The highest BCUT2D eigenvalue weighted by molar-refractivity contribution is 5.87. The van der Waals surface area contributed by atoms with Crippen molar-refractivity contribution in [2.24, 2.45) is 11.8 Å². The molecule has 11 nitrogen and oxygen atoms in total. The molecule has 0 bridgehead atoms. The SMILES string of the molecule is CC(/C=C/[C@H]1O[C@H](CC(=O)O)C[C@@H](CO)[C@@H]1O)=C\C[C@@H]1O[C@H](C)[C@H](NC(=O)/C=C\[C@H](C)c2noc(C)n2)C[C@@H]1C. The van der Waals surface area contributed by atoms with E-state index in [-0.39, 0.29) is 49.0 Å². The Morgan fingerprint density at radius 2 is 1.95 bits per heavy atom. The maximum Gasteiger partial charge on any atom is 0.305 e. The van der Waals surface area contributed by atoms with Gasteiger partial charge in [-0.3, -0.25) is 9.59 Å². The molecule has 3 rings (SSSR count). The molecule has 0 unspecified atom stereocenters. The zero-order valence-corrected chi connectivity index (χ0v) is 23.9. The fourth-order valence-electron chi connectivity index (χ4n) is 5.15. The van der Waals surface area contributed by atoms with Crippen molar-refractivity contribution in [3.63, 3.8) is 0 Å². The zero-order valence-electron chi connectivity index (χ0n) is 23.9. The number of aryl methyl sites for hydroxylation is 1. The third-order valence-corrected chi connectivity index (χ3v) is 7.62. The van der Waals surface area contributed by atoms with Crippen molar-refractivity contribution < 1.29 is 38.9 Å². The lowest BCUT2D eigenvalue weighted by Gasteiger charge is -2.39. The first kappa shape index (κ1) is 31.7. The number of ether oxygens (including phenoxy) is 2. The summed E-state index contributed by atoms with van der Waals surface area (Å²) in [5.41, 5.74) is 0.951. The summed E-state index contributed by atoms with van der Waals surface area (Å²) in [7, 11) is 0. The minimum Gasteiger partial charge on any atom is -0.481 e. The molecule has 11 heteroatoms. The number of amides is 1. The summed E-state index contributed by atoms with van der Waals surface area (Å²) in [6, 6.07) is -0.112. The van der Waals surface area contributed by atoms with Crippen molar-refractivity contribution >= 4 is 11.9 Å². The van der Waals surface area contributed by atoms with Crippen LogP contribution in [0.4, 0.5) is 0 Å². The van der Waals surface area contributed by atoms with E-state index >= 15 is 0 Å². The molecule has 0 aliphatic carbocycles. The van der Waals surface area contributed by atoms with Gasteiger partial charge >= 0.3 is 5.97 Å². The number of carbonyl (C=O) groups is 2. The Morgan fingerprint density at radius 1 is 1.20 bits per heavy atom. The molecule has 3 heterocycles. The van der Waals surface area contributed by atoms with Crippen LogP contribution in [0.3, 0.4) is 0 Å². The van der Waals surface area contributed by atoms with E-state index in [0.717, 1.165) is 12.0 Å². The van der Waals surface area contributed by atoms with Crippen LogP contribution in [0.15, 0.2) is 40.5 Å². The van der Waals surface area contributed by atoms with Crippen LogP contribution in [0.5, 0.6) is 0 Å². The Balaban J connectivity index is 1.50. The number of carboxylic acids is 1. The van der Waals surface area contributed by atoms with Crippen LogP contribution in [-0.2, 0) is 19.1 Å². The molecule has 9 atom stereocenters. The van der Waals surface area contributed by atoms with Gasteiger partial charge in [-0.1, -0.05) is 48.9 Å². The number of hydrogen-bond donors (Lipinski definition) is 4. The lowest BCUT2D eigenvalue weighted by Crippen LogP contribution is -2.50. The minimum absolute atomic E-state index is 0.0150. The van der Waals surface area contributed by atoms with Crippen molar-refractivity contribution in [1.82, 2.24) is 15.5 Å². The summed E-state index contributed by atoms with van der Waals surface area (Å²) in [5.74, 6) is -0.522. The number of carboxylic acid groups (broad SMARTS) is 1. The zero-order chi connectivity index (χ0) is 29.4. The van der Waals surface area contributed by atoms with Crippen LogP contribution in [-0.4, -0.2) is 80.5 Å². The molecule has 1 aromatic heterocycles. The molecule has 0 spiro atoms. The Morgan fingerprint density at radius 3 is 2.60 bits per heavy atom. The van der Waals surface area contributed by atoms with E-state index in [4.69, 9.17) is 19.1 Å². The normalized spacial score (nSPS) is 32.4. The van der Waals surface area contributed by atoms with Gasteiger partial charge in [0.05, 0.1) is 36.9 Å². The molecule has 2 aliphatic heterocycles. The summed E-state index contributed by atoms with van der Waals surface area (Å²) in [5, 5.41) is 36.1. The highest BCUT2D eigenvalue weighted by Crippen LogP contribution is 2.30. The number of aliphatic hydroxyl groups is 2. The standard InChI is InChI=1S/C29H43N3O8/c1-16(7-10-25-28(37)21(15-33)13-22(39-25)14-27(35)36)6-9-24-18(3)12-23(19(4)38-24)31-26(34)11-8-17(2)29-30-20(5)40-32-29/h6-8,10-11,17-19,21-25,28,33,37H,9,12-15H2,1-5H3,(H,31,34)(H,35,36)/b10-7+,11-8-,16-6+/t17-,18-,19+,21-,22-,23+,24-,25+,28-/m0/s1. The van der Waals surface area contributed by atoms with Gasteiger partial charge in [0.25, 0.3) is 0 Å². The Labute approximate surface area is 235 Å². The molecule has 2 aliphatic rings. The van der Waals surface area contributed by atoms with E-state index in [1.54, 1.807) is 19.1 Å². The fraction of sp³-hybridized carbons (Fsp3) is 0.655. The molecule has 1 amide bonds. The quantitative estimate of drug-likeness (QED) is 0.233. The minimum atomic E-state index is -0.976. The van der Waals surface area contributed by atoms with Gasteiger partial charge < -0.3 is 34.6 Å². The third-order valence-electron chi connectivity index (χ3n) is 7.62. The molecule has 0 aromatic carbocycles. The van der Waals surface area contributed by atoms with Gasteiger partial charge in [0.2, 0.25) is 11.8 Å². The van der Waals surface area contributed by atoms with Crippen molar-refractivity contribution in [3.8, 4) is 0 Å². The molecule has 222 valence electrons. The molecule has 0 radical (unpaired) electrons. The predicted molar refractivity (Wildman–Crippen MR) is 146 cm³/mol. The smallest absolute Gasteiger partial charge is 0.305 e.